The van der Waals surface area contributed by atoms with Crippen molar-refractivity contribution in [3.8, 4) is 0 Å². The molecule has 0 radical (unpaired) electrons. The van der Waals surface area contributed by atoms with Crippen LogP contribution in [0, 0.1) is 10.1 Å². The van der Waals surface area contributed by atoms with Gasteiger partial charge < -0.3 is 9.77 Å². The topological polar surface area (TPSA) is 81.2 Å². The van der Waals surface area contributed by atoms with Crippen LogP contribution in [0.2, 0.25) is 20.1 Å². The quantitative estimate of drug-likeness (QED) is 0.212. The van der Waals surface area contributed by atoms with Crippen molar-refractivity contribution in [3.05, 3.63) is 90.9 Å². The summed E-state index contributed by atoms with van der Waals surface area (Å²) >= 11 is 26.4. The number of halogens is 4. The normalized spacial score (nSPS) is 11.5. The Kier molecular flexibility index (Phi) is 10.1. The van der Waals surface area contributed by atoms with Crippen LogP contribution < -0.4 is 0 Å². The highest BCUT2D eigenvalue weighted by molar-refractivity contribution is 8.00. The Labute approximate surface area is 197 Å². The number of imidazole rings is 1. The van der Waals surface area contributed by atoms with Gasteiger partial charge in [-0.2, -0.15) is 0 Å². The van der Waals surface area contributed by atoms with Gasteiger partial charge in [0.2, 0.25) is 0 Å². The maximum Gasteiger partial charge on any atom is 0.291 e. The first-order valence-electron chi connectivity index (χ1n) is 8.59. The molecule has 30 heavy (non-hydrogen) atoms. The Morgan fingerprint density at radius 2 is 1.70 bits per heavy atom. The number of aromatic nitrogens is 2. The molecule has 1 unspecified atom stereocenters. The summed E-state index contributed by atoms with van der Waals surface area (Å²) in [6.45, 7) is 0.813. The van der Waals surface area contributed by atoms with Gasteiger partial charge in [0, 0.05) is 39.1 Å². The molecule has 1 atom stereocenters. The van der Waals surface area contributed by atoms with Crippen molar-refractivity contribution in [1.82, 2.24) is 9.55 Å². The SMILES string of the molecule is Clc1ccc(CCC(Cn2ccnc2)Sc2c(Cl)cc(Cl)cc2Cl)cc1.O=[N+]([O-])O. The average molecular weight is 509 g/mol. The van der Waals surface area contributed by atoms with E-state index in [4.69, 9.17) is 61.7 Å². The van der Waals surface area contributed by atoms with E-state index in [1.807, 2.05) is 24.7 Å². The van der Waals surface area contributed by atoms with E-state index in [1.54, 1.807) is 30.1 Å². The molecule has 1 N–H and O–H groups in total. The fourth-order valence-corrected chi connectivity index (χ4v) is 4.97. The van der Waals surface area contributed by atoms with Crippen LogP contribution in [0.5, 0.6) is 0 Å². The highest BCUT2D eigenvalue weighted by Crippen LogP contribution is 2.40. The molecule has 0 aliphatic carbocycles. The van der Waals surface area contributed by atoms with Crippen LogP contribution in [0.3, 0.4) is 0 Å². The van der Waals surface area contributed by atoms with Crippen molar-refractivity contribution in [2.45, 2.75) is 29.5 Å². The van der Waals surface area contributed by atoms with Gasteiger partial charge in [0.25, 0.3) is 5.09 Å². The zero-order valence-corrected chi connectivity index (χ0v) is 19.3. The van der Waals surface area contributed by atoms with Crippen molar-refractivity contribution in [2.24, 2.45) is 0 Å². The summed E-state index contributed by atoms with van der Waals surface area (Å²) in [5.74, 6) is 0. The van der Waals surface area contributed by atoms with Gasteiger partial charge in [-0.25, -0.2) is 4.98 Å². The van der Waals surface area contributed by atoms with Crippen molar-refractivity contribution >= 4 is 58.2 Å². The molecule has 160 valence electrons. The molecular formula is C19H17Cl4N3O3S. The smallest absolute Gasteiger partial charge is 0.291 e. The maximum absolute atomic E-state index is 8.36. The molecule has 0 saturated heterocycles. The zero-order chi connectivity index (χ0) is 22.1. The van der Waals surface area contributed by atoms with Crippen LogP contribution in [-0.2, 0) is 13.0 Å². The summed E-state index contributed by atoms with van der Waals surface area (Å²) in [4.78, 5) is 13.3. The summed E-state index contributed by atoms with van der Waals surface area (Å²) < 4.78 is 2.07. The number of hydrogen-bond donors (Lipinski definition) is 1. The highest BCUT2D eigenvalue weighted by atomic mass is 35.5. The minimum Gasteiger partial charge on any atom is -0.336 e. The minimum absolute atomic E-state index is 0.274. The predicted molar refractivity (Wildman–Crippen MR) is 122 cm³/mol. The molecule has 1 aromatic heterocycles. The van der Waals surface area contributed by atoms with E-state index in [0.717, 1.165) is 29.3 Å². The van der Waals surface area contributed by atoms with Gasteiger partial charge in [0.05, 0.1) is 16.4 Å². The maximum atomic E-state index is 8.36. The monoisotopic (exact) mass is 507 g/mol. The van der Waals surface area contributed by atoms with Gasteiger partial charge >= 0.3 is 0 Å². The first-order valence-corrected chi connectivity index (χ1v) is 11.0. The molecule has 0 aliphatic heterocycles. The Hall–Kier alpha value is -1.64. The van der Waals surface area contributed by atoms with E-state index in [0.29, 0.717) is 15.1 Å². The summed E-state index contributed by atoms with van der Waals surface area (Å²) in [7, 11) is 0. The van der Waals surface area contributed by atoms with Crippen LogP contribution in [0.4, 0.5) is 0 Å². The van der Waals surface area contributed by atoms with Crippen LogP contribution in [0.25, 0.3) is 0 Å². The van der Waals surface area contributed by atoms with Crippen molar-refractivity contribution < 1.29 is 10.3 Å². The van der Waals surface area contributed by atoms with Gasteiger partial charge in [-0.05, 0) is 42.7 Å². The van der Waals surface area contributed by atoms with E-state index in [-0.39, 0.29) is 5.25 Å². The van der Waals surface area contributed by atoms with Crippen LogP contribution in [0.1, 0.15) is 12.0 Å². The third-order valence-corrected chi connectivity index (χ3v) is 6.57. The molecule has 0 bridgehead atoms. The Bertz CT molecular complexity index is 929. The van der Waals surface area contributed by atoms with Gasteiger partial charge in [-0.3, -0.25) is 0 Å². The number of rotatable bonds is 7. The molecule has 0 fully saturated rings. The second kappa shape index (κ2) is 12.3. The second-order valence-corrected chi connectivity index (χ2v) is 9.10. The standard InChI is InChI=1S/C19H16Cl4N2S.HNO3/c20-14-4-1-13(2-5-14)3-6-16(11-25-8-7-24-12-25)26-19-17(22)9-15(21)10-18(19)23;2-1(3)4/h1-2,4-5,7-10,12,16H,3,6,11H2;(H,2,3,4). The number of thioether (sulfide) groups is 1. The number of nitrogens with zero attached hydrogens (tertiary/aromatic N) is 3. The number of aryl methyl sites for hydroxylation is 1. The molecule has 0 amide bonds. The van der Waals surface area contributed by atoms with Crippen LogP contribution >= 0.6 is 58.2 Å². The molecule has 11 heteroatoms. The van der Waals surface area contributed by atoms with Crippen molar-refractivity contribution in [2.75, 3.05) is 0 Å². The molecule has 2 aromatic carbocycles. The van der Waals surface area contributed by atoms with E-state index >= 15 is 0 Å². The lowest BCUT2D eigenvalue weighted by Crippen LogP contribution is -2.13. The Morgan fingerprint density at radius 3 is 2.23 bits per heavy atom. The number of hydrogen-bond acceptors (Lipinski definition) is 4. The molecular weight excluding hydrogens is 492 g/mol. The van der Waals surface area contributed by atoms with Gasteiger partial charge in [0.1, 0.15) is 0 Å². The molecule has 6 nitrogen and oxygen atoms in total. The minimum atomic E-state index is -1.50. The molecule has 3 aromatic rings. The van der Waals surface area contributed by atoms with Gasteiger partial charge in [-0.1, -0.05) is 58.5 Å². The van der Waals surface area contributed by atoms with E-state index in [2.05, 4.69) is 21.7 Å². The number of benzene rings is 2. The third kappa shape index (κ3) is 8.62. The predicted octanol–water partition coefficient (Wildman–Crippen LogP) is 6.94. The Morgan fingerprint density at radius 1 is 1.10 bits per heavy atom. The van der Waals surface area contributed by atoms with Crippen LogP contribution in [0.15, 0.2) is 60.0 Å². The lowest BCUT2D eigenvalue weighted by atomic mass is 10.1. The molecule has 1 heterocycles. The van der Waals surface area contributed by atoms with E-state index in [9.17, 15) is 0 Å². The highest BCUT2D eigenvalue weighted by Gasteiger charge is 2.17. The summed E-state index contributed by atoms with van der Waals surface area (Å²) in [5.41, 5.74) is 1.25. The second-order valence-electron chi connectivity index (χ2n) is 6.10. The summed E-state index contributed by atoms with van der Waals surface area (Å²) in [6, 6.07) is 11.4. The summed E-state index contributed by atoms with van der Waals surface area (Å²) in [5, 5.41) is 16.4. The third-order valence-electron chi connectivity index (χ3n) is 3.89. The molecule has 0 saturated carbocycles. The molecule has 3 rings (SSSR count). The van der Waals surface area contributed by atoms with Crippen LogP contribution in [-0.4, -0.2) is 25.1 Å². The zero-order valence-electron chi connectivity index (χ0n) is 15.4. The molecule has 0 aliphatic rings. The largest absolute Gasteiger partial charge is 0.336 e. The lowest BCUT2D eigenvalue weighted by molar-refractivity contribution is -0.742. The summed E-state index contributed by atoms with van der Waals surface area (Å²) in [6.07, 6.45) is 7.46. The van der Waals surface area contributed by atoms with E-state index in [1.165, 1.54) is 5.56 Å². The molecule has 0 spiro atoms. The first-order chi connectivity index (χ1) is 14.2. The van der Waals surface area contributed by atoms with Crippen molar-refractivity contribution in [3.63, 3.8) is 0 Å². The first kappa shape index (κ1) is 24.6. The fourth-order valence-electron chi connectivity index (χ4n) is 2.60. The average Bonchev–Trinajstić information content (AvgIpc) is 3.16. The van der Waals surface area contributed by atoms with Gasteiger partial charge in [0.15, 0.2) is 0 Å². The van der Waals surface area contributed by atoms with Crippen molar-refractivity contribution in [1.29, 1.82) is 0 Å². The lowest BCUT2D eigenvalue weighted by Gasteiger charge is -2.19. The Balaban J connectivity index is 0.000000735. The van der Waals surface area contributed by atoms with Gasteiger partial charge in [-0.15, -0.1) is 21.9 Å². The fraction of sp³-hybridized carbons (Fsp3) is 0.211. The van der Waals surface area contributed by atoms with E-state index < -0.39 is 5.09 Å².